The highest BCUT2D eigenvalue weighted by Gasteiger charge is 2.68. The van der Waals surface area contributed by atoms with Gasteiger partial charge in [-0.2, -0.15) is 0 Å². The van der Waals surface area contributed by atoms with Gasteiger partial charge >= 0.3 is 0 Å². The Labute approximate surface area is 106 Å². The molecule has 1 fully saturated rings. The lowest BCUT2D eigenvalue weighted by Crippen LogP contribution is -2.41. The maximum absolute atomic E-state index is 12.2. The van der Waals surface area contributed by atoms with Crippen molar-refractivity contribution in [3.05, 3.63) is 0 Å². The van der Waals surface area contributed by atoms with Gasteiger partial charge < -0.3 is 11.1 Å². The van der Waals surface area contributed by atoms with E-state index in [-0.39, 0.29) is 28.7 Å². The zero-order valence-electron chi connectivity index (χ0n) is 12.0. The molecule has 1 unspecified atom stereocenters. The zero-order chi connectivity index (χ0) is 13.3. The van der Waals surface area contributed by atoms with Gasteiger partial charge in [-0.05, 0) is 17.3 Å². The first-order valence-corrected chi connectivity index (χ1v) is 6.79. The highest BCUT2D eigenvalue weighted by molar-refractivity contribution is 5.84. The summed E-state index contributed by atoms with van der Waals surface area (Å²) < 4.78 is 0. The van der Waals surface area contributed by atoms with Gasteiger partial charge in [0.05, 0.1) is 0 Å². The van der Waals surface area contributed by atoms with Gasteiger partial charge in [0.2, 0.25) is 5.91 Å². The molecule has 0 aromatic carbocycles. The molecule has 100 valence electrons. The predicted molar refractivity (Wildman–Crippen MR) is 71.6 cm³/mol. The summed E-state index contributed by atoms with van der Waals surface area (Å²) >= 11 is 0. The first-order chi connectivity index (χ1) is 7.79. The molecule has 3 N–H and O–H groups in total. The van der Waals surface area contributed by atoms with Gasteiger partial charge in [-0.1, -0.05) is 47.5 Å². The SMILES string of the molecule is CCCCC(CN)NC(=O)C1C(C)(C)C1(C)C. The predicted octanol–water partition coefficient (Wildman–Crippen LogP) is 2.30. The number of hydrogen-bond acceptors (Lipinski definition) is 2. The van der Waals surface area contributed by atoms with Crippen molar-refractivity contribution >= 4 is 5.91 Å². The smallest absolute Gasteiger partial charge is 0.224 e. The maximum atomic E-state index is 12.2. The second kappa shape index (κ2) is 4.97. The highest BCUT2D eigenvalue weighted by atomic mass is 16.2. The minimum atomic E-state index is 0.112. The fourth-order valence-corrected chi connectivity index (χ4v) is 2.84. The summed E-state index contributed by atoms with van der Waals surface area (Å²) in [6.07, 6.45) is 3.26. The van der Waals surface area contributed by atoms with Crippen LogP contribution in [0.3, 0.4) is 0 Å². The standard InChI is InChI=1S/C14H28N2O/c1-6-7-8-10(9-15)16-12(17)11-13(2,3)14(11,4)5/h10-11H,6-9,15H2,1-5H3,(H,16,17). The topological polar surface area (TPSA) is 55.1 Å². The molecule has 0 aromatic rings. The first kappa shape index (κ1) is 14.5. The second-order valence-corrected chi connectivity index (χ2v) is 6.46. The number of carbonyl (C=O) groups excluding carboxylic acids is 1. The lowest BCUT2D eigenvalue weighted by Gasteiger charge is -2.17. The summed E-state index contributed by atoms with van der Waals surface area (Å²) in [5.41, 5.74) is 5.93. The number of nitrogens with two attached hydrogens (primary N) is 1. The van der Waals surface area contributed by atoms with E-state index in [2.05, 4.69) is 39.9 Å². The average Bonchev–Trinajstić information content (AvgIpc) is 2.64. The van der Waals surface area contributed by atoms with E-state index < -0.39 is 0 Å². The summed E-state index contributed by atoms with van der Waals surface area (Å²) in [6, 6.07) is 0.148. The molecule has 1 atom stereocenters. The van der Waals surface area contributed by atoms with Gasteiger partial charge in [-0.3, -0.25) is 4.79 Å². The molecule has 0 aromatic heterocycles. The van der Waals surface area contributed by atoms with Crippen LogP contribution in [0.4, 0.5) is 0 Å². The Balaban J connectivity index is 2.50. The molecule has 1 aliphatic carbocycles. The second-order valence-electron chi connectivity index (χ2n) is 6.46. The Bertz CT molecular complexity index is 270. The van der Waals surface area contributed by atoms with Crippen molar-refractivity contribution in [3.63, 3.8) is 0 Å². The van der Waals surface area contributed by atoms with Crippen molar-refractivity contribution in [1.82, 2.24) is 5.32 Å². The minimum absolute atomic E-state index is 0.112. The van der Waals surface area contributed by atoms with Crippen LogP contribution in [-0.4, -0.2) is 18.5 Å². The molecule has 0 aliphatic heterocycles. The average molecular weight is 240 g/mol. The van der Waals surface area contributed by atoms with Crippen LogP contribution in [0, 0.1) is 16.7 Å². The lowest BCUT2D eigenvalue weighted by atomic mass is 10.0. The molecule has 0 radical (unpaired) electrons. The van der Waals surface area contributed by atoms with Gasteiger partial charge in [0.15, 0.2) is 0 Å². The van der Waals surface area contributed by atoms with E-state index in [1.807, 2.05) is 0 Å². The molecular weight excluding hydrogens is 212 g/mol. The van der Waals surface area contributed by atoms with E-state index in [4.69, 9.17) is 5.73 Å². The van der Waals surface area contributed by atoms with Crippen LogP contribution in [0.2, 0.25) is 0 Å². The molecule has 3 nitrogen and oxygen atoms in total. The molecule has 1 aliphatic rings. The Kier molecular flexibility index (Phi) is 4.23. The molecule has 3 heteroatoms. The Hall–Kier alpha value is -0.570. The summed E-state index contributed by atoms with van der Waals surface area (Å²) in [7, 11) is 0. The first-order valence-electron chi connectivity index (χ1n) is 6.79. The molecule has 1 rings (SSSR count). The van der Waals surface area contributed by atoms with E-state index in [1.54, 1.807) is 0 Å². The minimum Gasteiger partial charge on any atom is -0.352 e. The van der Waals surface area contributed by atoms with Crippen LogP contribution in [0.5, 0.6) is 0 Å². The third kappa shape index (κ3) is 2.65. The van der Waals surface area contributed by atoms with E-state index in [0.717, 1.165) is 19.3 Å². The van der Waals surface area contributed by atoms with Crippen LogP contribution < -0.4 is 11.1 Å². The summed E-state index contributed by atoms with van der Waals surface area (Å²) in [6.45, 7) is 11.4. The third-order valence-electron chi connectivity index (χ3n) is 4.82. The van der Waals surface area contributed by atoms with Crippen molar-refractivity contribution in [2.75, 3.05) is 6.54 Å². The van der Waals surface area contributed by atoms with Crippen LogP contribution in [0.15, 0.2) is 0 Å². The molecule has 0 saturated heterocycles. The van der Waals surface area contributed by atoms with E-state index >= 15 is 0 Å². The third-order valence-corrected chi connectivity index (χ3v) is 4.82. The van der Waals surface area contributed by atoms with Gasteiger partial charge in [-0.25, -0.2) is 0 Å². The largest absolute Gasteiger partial charge is 0.352 e. The number of hydrogen-bond donors (Lipinski definition) is 2. The van der Waals surface area contributed by atoms with Gasteiger partial charge in [-0.15, -0.1) is 0 Å². The lowest BCUT2D eigenvalue weighted by molar-refractivity contribution is -0.124. The zero-order valence-corrected chi connectivity index (χ0v) is 12.0. The highest BCUT2D eigenvalue weighted by Crippen LogP contribution is 2.68. The fraction of sp³-hybridized carbons (Fsp3) is 0.929. The Morgan fingerprint density at radius 1 is 1.29 bits per heavy atom. The van der Waals surface area contributed by atoms with Crippen molar-refractivity contribution < 1.29 is 4.79 Å². The summed E-state index contributed by atoms with van der Waals surface area (Å²) in [4.78, 5) is 12.2. The number of amides is 1. The van der Waals surface area contributed by atoms with Crippen molar-refractivity contribution in [3.8, 4) is 0 Å². The quantitative estimate of drug-likeness (QED) is 0.748. The molecule has 0 spiro atoms. The van der Waals surface area contributed by atoms with Crippen LogP contribution >= 0.6 is 0 Å². The number of carbonyl (C=O) groups is 1. The van der Waals surface area contributed by atoms with Crippen molar-refractivity contribution in [2.24, 2.45) is 22.5 Å². The summed E-state index contributed by atoms with van der Waals surface area (Å²) in [5, 5.41) is 3.11. The van der Waals surface area contributed by atoms with Gasteiger partial charge in [0.1, 0.15) is 0 Å². The van der Waals surface area contributed by atoms with Gasteiger partial charge in [0, 0.05) is 18.5 Å². The molecule has 0 heterocycles. The van der Waals surface area contributed by atoms with Crippen molar-refractivity contribution in [2.45, 2.75) is 59.9 Å². The molecule has 1 amide bonds. The summed E-state index contributed by atoms with van der Waals surface area (Å²) in [5.74, 6) is 0.317. The molecule has 17 heavy (non-hydrogen) atoms. The number of nitrogens with one attached hydrogen (secondary N) is 1. The Morgan fingerprint density at radius 3 is 2.18 bits per heavy atom. The van der Waals surface area contributed by atoms with E-state index in [1.165, 1.54) is 0 Å². The Morgan fingerprint density at radius 2 is 1.82 bits per heavy atom. The number of unbranched alkanes of at least 4 members (excludes halogenated alkanes) is 1. The van der Waals surface area contributed by atoms with Crippen LogP contribution in [-0.2, 0) is 4.79 Å². The molecular formula is C14H28N2O. The normalized spacial score (nSPS) is 23.2. The van der Waals surface area contributed by atoms with Crippen LogP contribution in [0.25, 0.3) is 0 Å². The van der Waals surface area contributed by atoms with Crippen LogP contribution in [0.1, 0.15) is 53.9 Å². The molecule has 0 bridgehead atoms. The van der Waals surface area contributed by atoms with E-state index in [9.17, 15) is 4.79 Å². The fourth-order valence-electron chi connectivity index (χ4n) is 2.84. The maximum Gasteiger partial charge on any atom is 0.224 e. The number of rotatable bonds is 6. The van der Waals surface area contributed by atoms with E-state index in [0.29, 0.717) is 6.54 Å². The monoisotopic (exact) mass is 240 g/mol. The van der Waals surface area contributed by atoms with Gasteiger partial charge in [0.25, 0.3) is 0 Å². The van der Waals surface area contributed by atoms with Crippen molar-refractivity contribution in [1.29, 1.82) is 0 Å². The molecule has 1 saturated carbocycles.